The van der Waals surface area contributed by atoms with Gasteiger partial charge in [-0.1, -0.05) is 25.4 Å². The van der Waals surface area contributed by atoms with E-state index in [0.717, 1.165) is 12.0 Å². The summed E-state index contributed by atoms with van der Waals surface area (Å²) in [5, 5.41) is 0.464. The molecule has 0 saturated carbocycles. The van der Waals surface area contributed by atoms with Gasteiger partial charge in [-0.25, -0.2) is 8.42 Å². The Kier molecular flexibility index (Phi) is 6.39. The van der Waals surface area contributed by atoms with E-state index >= 15 is 0 Å². The molecule has 1 aliphatic heterocycles. The van der Waals surface area contributed by atoms with E-state index in [0.29, 0.717) is 35.5 Å². The van der Waals surface area contributed by atoms with Gasteiger partial charge in [0.25, 0.3) is 15.9 Å². The highest BCUT2D eigenvalue weighted by Gasteiger charge is 2.28. The number of anilines is 1. The predicted octanol–water partition coefficient (Wildman–Crippen LogP) is 4.30. The van der Waals surface area contributed by atoms with Gasteiger partial charge >= 0.3 is 0 Å². The molecule has 1 N–H and O–H groups in total. The van der Waals surface area contributed by atoms with Gasteiger partial charge in [0.1, 0.15) is 5.75 Å². The van der Waals surface area contributed by atoms with Gasteiger partial charge < -0.3 is 9.64 Å². The van der Waals surface area contributed by atoms with Gasteiger partial charge in [-0.3, -0.25) is 9.52 Å². The summed E-state index contributed by atoms with van der Waals surface area (Å²) in [6, 6.07) is 11.0. The van der Waals surface area contributed by atoms with Crippen molar-refractivity contribution in [3.63, 3.8) is 0 Å². The van der Waals surface area contributed by atoms with E-state index in [9.17, 15) is 13.2 Å². The van der Waals surface area contributed by atoms with Gasteiger partial charge in [0.15, 0.2) is 6.10 Å². The van der Waals surface area contributed by atoms with Crippen molar-refractivity contribution in [1.82, 2.24) is 4.90 Å². The van der Waals surface area contributed by atoms with Crippen LogP contribution < -0.4 is 9.46 Å². The summed E-state index contributed by atoms with van der Waals surface area (Å²) >= 11 is 5.84. The van der Waals surface area contributed by atoms with E-state index < -0.39 is 16.1 Å². The highest BCUT2D eigenvalue weighted by molar-refractivity contribution is 7.92. The summed E-state index contributed by atoms with van der Waals surface area (Å²) in [5.74, 6) is 0.997. The summed E-state index contributed by atoms with van der Waals surface area (Å²) in [6.45, 7) is 6.96. The number of carbonyl (C=O) groups is 1. The molecule has 1 amide bonds. The van der Waals surface area contributed by atoms with Crippen molar-refractivity contribution in [3.8, 4) is 5.75 Å². The molecule has 1 heterocycles. The summed E-state index contributed by atoms with van der Waals surface area (Å²) in [7, 11) is -3.75. The Morgan fingerprint density at radius 1 is 1.21 bits per heavy atom. The van der Waals surface area contributed by atoms with E-state index in [-0.39, 0.29) is 10.8 Å². The molecule has 0 spiro atoms. The van der Waals surface area contributed by atoms with E-state index in [1.807, 2.05) is 0 Å². The van der Waals surface area contributed by atoms with Crippen LogP contribution in [0.3, 0.4) is 0 Å². The molecule has 1 atom stereocenters. The second kappa shape index (κ2) is 8.63. The average molecular weight is 437 g/mol. The number of sulfonamides is 1. The van der Waals surface area contributed by atoms with Crippen LogP contribution in [-0.2, 0) is 21.4 Å². The number of nitrogens with zero attached hydrogens (tertiary/aromatic N) is 1. The van der Waals surface area contributed by atoms with Gasteiger partial charge in [0.2, 0.25) is 0 Å². The molecule has 0 aliphatic carbocycles. The van der Waals surface area contributed by atoms with Crippen LogP contribution in [-0.4, -0.2) is 31.9 Å². The molecule has 0 aromatic heterocycles. The molecule has 0 fully saturated rings. The molecular formula is C21H25ClN2O4S. The first kappa shape index (κ1) is 21.5. The number of halogens is 1. The maximum Gasteiger partial charge on any atom is 0.263 e. The summed E-state index contributed by atoms with van der Waals surface area (Å²) in [6.07, 6.45) is 0.302. The number of nitrogens with one attached hydrogen (secondary N) is 1. The molecule has 0 saturated heterocycles. The lowest BCUT2D eigenvalue weighted by molar-refractivity contribution is -0.137. The molecule has 0 unspecified atom stereocenters. The smallest absolute Gasteiger partial charge is 0.263 e. The van der Waals surface area contributed by atoms with Crippen LogP contribution in [0, 0.1) is 5.92 Å². The minimum atomic E-state index is -3.75. The van der Waals surface area contributed by atoms with E-state index in [2.05, 4.69) is 18.6 Å². The Morgan fingerprint density at radius 3 is 2.55 bits per heavy atom. The van der Waals surface area contributed by atoms with Crippen LogP contribution in [0.5, 0.6) is 5.75 Å². The summed E-state index contributed by atoms with van der Waals surface area (Å²) in [4.78, 5) is 14.5. The fraction of sp³-hybridized carbons (Fsp3) is 0.381. The van der Waals surface area contributed by atoms with Gasteiger partial charge in [0, 0.05) is 29.4 Å². The topological polar surface area (TPSA) is 75.7 Å². The van der Waals surface area contributed by atoms with Gasteiger partial charge in [-0.05, 0) is 61.7 Å². The zero-order valence-corrected chi connectivity index (χ0v) is 18.3. The standard InChI is InChI=1S/C21H25ClN2O4S/c1-14(2)10-11-24-13-16-12-18(6-9-20(16)28-15(3)21(24)25)23-29(26,27)19-7-4-17(22)5-8-19/h4-9,12,14-15,23H,10-11,13H2,1-3H3/t15-/m1/s1. The van der Waals surface area contributed by atoms with Crippen LogP contribution in [0.25, 0.3) is 0 Å². The Balaban J connectivity index is 1.85. The summed E-state index contributed by atoms with van der Waals surface area (Å²) in [5.41, 5.74) is 1.18. The van der Waals surface area contributed by atoms with Crippen LogP contribution in [0.1, 0.15) is 32.8 Å². The van der Waals surface area contributed by atoms with Crippen molar-refractivity contribution in [2.45, 2.75) is 44.7 Å². The SMILES string of the molecule is CC(C)CCN1Cc2cc(NS(=O)(=O)c3ccc(Cl)cc3)ccc2O[C@H](C)C1=O. The zero-order chi connectivity index (χ0) is 21.2. The second-order valence-electron chi connectivity index (χ2n) is 7.58. The Hall–Kier alpha value is -2.25. The largest absolute Gasteiger partial charge is 0.481 e. The second-order valence-corrected chi connectivity index (χ2v) is 9.70. The van der Waals surface area contributed by atoms with Gasteiger partial charge in [-0.15, -0.1) is 0 Å². The Labute approximate surface area is 176 Å². The van der Waals surface area contributed by atoms with Gasteiger partial charge in [-0.2, -0.15) is 0 Å². The number of hydrogen-bond acceptors (Lipinski definition) is 4. The summed E-state index contributed by atoms with van der Waals surface area (Å²) < 4.78 is 33.7. The third-order valence-electron chi connectivity index (χ3n) is 4.74. The van der Waals surface area contributed by atoms with Crippen LogP contribution in [0.2, 0.25) is 5.02 Å². The molecule has 8 heteroatoms. The molecule has 156 valence electrons. The fourth-order valence-electron chi connectivity index (χ4n) is 3.09. The maximum atomic E-state index is 12.6. The van der Waals surface area contributed by atoms with Crippen molar-refractivity contribution in [3.05, 3.63) is 53.1 Å². The van der Waals surface area contributed by atoms with Gasteiger partial charge in [0.05, 0.1) is 4.90 Å². The lowest BCUT2D eigenvalue weighted by atomic mass is 10.1. The maximum absolute atomic E-state index is 12.6. The molecule has 29 heavy (non-hydrogen) atoms. The van der Waals surface area contributed by atoms with Crippen molar-refractivity contribution in [1.29, 1.82) is 0 Å². The van der Waals surface area contributed by atoms with E-state index in [1.54, 1.807) is 30.0 Å². The molecule has 0 radical (unpaired) electrons. The average Bonchev–Trinajstić information content (AvgIpc) is 2.77. The van der Waals surface area contributed by atoms with Crippen molar-refractivity contribution < 1.29 is 17.9 Å². The monoisotopic (exact) mass is 436 g/mol. The quantitative estimate of drug-likeness (QED) is 0.732. The Morgan fingerprint density at radius 2 is 1.90 bits per heavy atom. The number of ether oxygens (including phenoxy) is 1. The number of rotatable bonds is 6. The third kappa shape index (κ3) is 5.22. The van der Waals surface area contributed by atoms with Crippen LogP contribution >= 0.6 is 11.6 Å². The molecule has 0 bridgehead atoms. The molecule has 6 nitrogen and oxygen atoms in total. The zero-order valence-electron chi connectivity index (χ0n) is 16.7. The van der Waals surface area contributed by atoms with E-state index in [4.69, 9.17) is 16.3 Å². The first-order valence-electron chi connectivity index (χ1n) is 9.52. The molecule has 2 aromatic carbocycles. The van der Waals surface area contributed by atoms with Crippen LogP contribution in [0.15, 0.2) is 47.4 Å². The number of hydrogen-bond donors (Lipinski definition) is 1. The molecule has 1 aliphatic rings. The molecular weight excluding hydrogens is 412 g/mol. The predicted molar refractivity (Wildman–Crippen MR) is 114 cm³/mol. The first-order chi connectivity index (χ1) is 13.7. The number of carbonyl (C=O) groups excluding carboxylic acids is 1. The van der Waals surface area contributed by atoms with Crippen molar-refractivity contribution in [2.24, 2.45) is 5.92 Å². The van der Waals surface area contributed by atoms with Crippen molar-refractivity contribution in [2.75, 3.05) is 11.3 Å². The van der Waals surface area contributed by atoms with Crippen molar-refractivity contribution >= 4 is 33.2 Å². The number of benzene rings is 2. The normalized spacial score (nSPS) is 16.9. The number of amides is 1. The lowest BCUT2D eigenvalue weighted by Crippen LogP contribution is -2.38. The number of fused-ring (bicyclic) bond motifs is 1. The highest BCUT2D eigenvalue weighted by Crippen LogP contribution is 2.30. The first-order valence-corrected chi connectivity index (χ1v) is 11.4. The molecule has 2 aromatic rings. The fourth-order valence-corrected chi connectivity index (χ4v) is 4.27. The third-order valence-corrected chi connectivity index (χ3v) is 6.39. The minimum Gasteiger partial charge on any atom is -0.481 e. The van der Waals surface area contributed by atoms with Crippen LogP contribution in [0.4, 0.5) is 5.69 Å². The lowest BCUT2D eigenvalue weighted by Gasteiger charge is -2.23. The van der Waals surface area contributed by atoms with E-state index in [1.165, 1.54) is 24.3 Å². The minimum absolute atomic E-state index is 0.0647. The Bertz CT molecular complexity index is 990. The highest BCUT2D eigenvalue weighted by atomic mass is 35.5. The molecule has 3 rings (SSSR count).